The van der Waals surface area contributed by atoms with E-state index in [9.17, 15) is 0 Å². The molecule has 0 unspecified atom stereocenters. The first-order valence-electron chi connectivity index (χ1n) is 3.89. The molecule has 0 saturated heterocycles. The lowest BCUT2D eigenvalue weighted by Crippen LogP contribution is -2.16. The number of hydrogen-bond acceptors (Lipinski definition) is 5. The minimum absolute atomic E-state index is 0.222. The Labute approximate surface area is 77.4 Å². The minimum Gasteiger partial charge on any atom is -0.368 e. The Morgan fingerprint density at radius 2 is 2.23 bits per heavy atom. The summed E-state index contributed by atoms with van der Waals surface area (Å²) in [6.45, 7) is 6.10. The van der Waals surface area contributed by atoms with E-state index >= 15 is 0 Å². The second kappa shape index (κ2) is 3.84. The van der Waals surface area contributed by atoms with Gasteiger partial charge in [0.25, 0.3) is 0 Å². The molecule has 1 aliphatic heterocycles. The lowest BCUT2D eigenvalue weighted by molar-refractivity contribution is 0.638. The minimum atomic E-state index is 0.222. The zero-order valence-corrected chi connectivity index (χ0v) is 7.86. The van der Waals surface area contributed by atoms with Gasteiger partial charge in [-0.3, -0.25) is 4.99 Å². The van der Waals surface area contributed by atoms with Crippen molar-refractivity contribution >= 4 is 18.0 Å². The molecule has 0 amide bonds. The van der Waals surface area contributed by atoms with Crippen molar-refractivity contribution in [2.75, 3.05) is 13.6 Å². The molecule has 1 rings (SSSR count). The van der Waals surface area contributed by atoms with Crippen LogP contribution in [0, 0.1) is 0 Å². The standard InChI is InChI=1S/C8H13N5/c1-6-4-10-5-13(3)7(2)12-8(9)11-6/h5H,2,4H2,1,3H3,(H2,9,12). The Hall–Kier alpha value is -1.65. The lowest BCUT2D eigenvalue weighted by Gasteiger charge is -2.10. The van der Waals surface area contributed by atoms with Crippen LogP contribution in [0.15, 0.2) is 27.4 Å². The summed E-state index contributed by atoms with van der Waals surface area (Å²) in [5.41, 5.74) is 6.37. The molecule has 1 heterocycles. The van der Waals surface area contributed by atoms with Crippen LogP contribution in [0.5, 0.6) is 0 Å². The third-order valence-corrected chi connectivity index (χ3v) is 1.53. The van der Waals surface area contributed by atoms with Crippen molar-refractivity contribution in [3.63, 3.8) is 0 Å². The number of hydrogen-bond donors (Lipinski definition) is 1. The second-order valence-corrected chi connectivity index (χ2v) is 2.80. The van der Waals surface area contributed by atoms with Crippen LogP contribution in [0.4, 0.5) is 0 Å². The van der Waals surface area contributed by atoms with E-state index in [0.29, 0.717) is 12.4 Å². The van der Waals surface area contributed by atoms with Gasteiger partial charge in [0.15, 0.2) is 0 Å². The van der Waals surface area contributed by atoms with Gasteiger partial charge in [0.05, 0.1) is 12.9 Å². The van der Waals surface area contributed by atoms with Gasteiger partial charge in [-0.05, 0) is 6.92 Å². The summed E-state index contributed by atoms with van der Waals surface area (Å²) in [5, 5.41) is 0. The molecular weight excluding hydrogens is 166 g/mol. The van der Waals surface area contributed by atoms with E-state index in [1.807, 2.05) is 14.0 Å². The van der Waals surface area contributed by atoms with Gasteiger partial charge in [-0.1, -0.05) is 6.58 Å². The lowest BCUT2D eigenvalue weighted by atomic mass is 10.4. The molecule has 0 saturated carbocycles. The van der Waals surface area contributed by atoms with E-state index in [2.05, 4.69) is 21.6 Å². The third-order valence-electron chi connectivity index (χ3n) is 1.53. The average molecular weight is 179 g/mol. The topological polar surface area (TPSA) is 66.3 Å². The SMILES string of the molecule is C=C1N=C(N)N=C(C)CN=CN1C. The second-order valence-electron chi connectivity index (χ2n) is 2.80. The molecule has 70 valence electrons. The highest BCUT2D eigenvalue weighted by atomic mass is 15.2. The van der Waals surface area contributed by atoms with Crippen molar-refractivity contribution in [3.05, 3.63) is 12.4 Å². The van der Waals surface area contributed by atoms with Crippen LogP contribution in [-0.2, 0) is 0 Å². The van der Waals surface area contributed by atoms with E-state index in [4.69, 9.17) is 5.73 Å². The Bertz CT molecular complexity index is 300. The van der Waals surface area contributed by atoms with Gasteiger partial charge in [0.2, 0.25) is 5.96 Å². The highest BCUT2D eigenvalue weighted by molar-refractivity contribution is 5.97. The highest BCUT2D eigenvalue weighted by Gasteiger charge is 2.01. The van der Waals surface area contributed by atoms with Crippen molar-refractivity contribution in [2.45, 2.75) is 6.92 Å². The molecule has 0 aliphatic carbocycles. The molecule has 13 heavy (non-hydrogen) atoms. The molecular formula is C8H13N5. The van der Waals surface area contributed by atoms with Gasteiger partial charge in [-0.25, -0.2) is 4.99 Å². The fraction of sp³-hybridized carbons (Fsp3) is 0.375. The zero-order chi connectivity index (χ0) is 9.84. The van der Waals surface area contributed by atoms with Crippen LogP contribution in [0.2, 0.25) is 0 Å². The molecule has 1 aliphatic rings. The van der Waals surface area contributed by atoms with E-state index in [0.717, 1.165) is 5.71 Å². The molecule has 5 nitrogen and oxygen atoms in total. The first kappa shape index (κ1) is 9.44. The summed E-state index contributed by atoms with van der Waals surface area (Å²) in [6, 6.07) is 0. The maximum Gasteiger partial charge on any atom is 0.221 e. The van der Waals surface area contributed by atoms with E-state index in [1.54, 1.807) is 11.2 Å². The first-order chi connectivity index (χ1) is 6.09. The van der Waals surface area contributed by atoms with Crippen LogP contribution < -0.4 is 5.73 Å². The molecule has 2 N–H and O–H groups in total. The van der Waals surface area contributed by atoms with Crippen molar-refractivity contribution in [1.82, 2.24) is 4.90 Å². The summed E-state index contributed by atoms with van der Waals surface area (Å²) < 4.78 is 0. The van der Waals surface area contributed by atoms with Gasteiger partial charge in [0.1, 0.15) is 5.82 Å². The maximum absolute atomic E-state index is 5.54. The average Bonchev–Trinajstić information content (AvgIpc) is 2.06. The number of guanidine groups is 1. The number of aliphatic imine (C=N–C) groups is 3. The molecule has 5 heteroatoms. The highest BCUT2D eigenvalue weighted by Crippen LogP contribution is 1.99. The zero-order valence-electron chi connectivity index (χ0n) is 7.86. The van der Waals surface area contributed by atoms with Crippen molar-refractivity contribution in [3.8, 4) is 0 Å². The Morgan fingerprint density at radius 1 is 1.54 bits per heavy atom. The third kappa shape index (κ3) is 2.70. The van der Waals surface area contributed by atoms with Crippen LogP contribution in [0.3, 0.4) is 0 Å². The molecule has 0 bridgehead atoms. The molecule has 0 aromatic carbocycles. The predicted molar refractivity (Wildman–Crippen MR) is 55.0 cm³/mol. The summed E-state index contributed by atoms with van der Waals surface area (Å²) in [6.07, 6.45) is 1.66. The molecule has 0 fully saturated rings. The predicted octanol–water partition coefficient (Wildman–Crippen LogP) is 0.207. The largest absolute Gasteiger partial charge is 0.368 e. The van der Waals surface area contributed by atoms with Gasteiger partial charge >= 0.3 is 0 Å². The van der Waals surface area contributed by atoms with Gasteiger partial charge in [-0.15, -0.1) is 0 Å². The molecule has 0 aromatic heterocycles. The molecule has 0 radical (unpaired) electrons. The van der Waals surface area contributed by atoms with Gasteiger partial charge in [0, 0.05) is 12.8 Å². The summed E-state index contributed by atoms with van der Waals surface area (Å²) in [7, 11) is 1.81. The molecule has 0 atom stereocenters. The number of nitrogens with zero attached hydrogens (tertiary/aromatic N) is 4. The van der Waals surface area contributed by atoms with Crippen LogP contribution >= 0.6 is 0 Å². The Balaban J connectivity index is 2.96. The fourth-order valence-corrected chi connectivity index (χ4v) is 0.829. The quantitative estimate of drug-likeness (QED) is 0.577. The van der Waals surface area contributed by atoms with Crippen LogP contribution in [0.25, 0.3) is 0 Å². The number of rotatable bonds is 0. The summed E-state index contributed by atoms with van der Waals surface area (Å²) in [5.74, 6) is 0.750. The Kier molecular flexibility index (Phi) is 2.79. The number of nitrogens with two attached hydrogens (primary N) is 1. The molecule has 0 aromatic rings. The van der Waals surface area contributed by atoms with Crippen molar-refractivity contribution < 1.29 is 0 Å². The van der Waals surface area contributed by atoms with Gasteiger partial charge < -0.3 is 10.6 Å². The van der Waals surface area contributed by atoms with E-state index in [-0.39, 0.29) is 5.96 Å². The van der Waals surface area contributed by atoms with E-state index < -0.39 is 0 Å². The van der Waals surface area contributed by atoms with Crippen molar-refractivity contribution in [1.29, 1.82) is 0 Å². The fourth-order valence-electron chi connectivity index (χ4n) is 0.829. The maximum atomic E-state index is 5.54. The van der Waals surface area contributed by atoms with Gasteiger partial charge in [-0.2, -0.15) is 4.99 Å². The monoisotopic (exact) mass is 179 g/mol. The smallest absolute Gasteiger partial charge is 0.221 e. The normalized spacial score (nSPS) is 18.6. The molecule has 0 spiro atoms. The first-order valence-corrected chi connectivity index (χ1v) is 3.89. The summed E-state index contributed by atoms with van der Waals surface area (Å²) >= 11 is 0. The summed E-state index contributed by atoms with van der Waals surface area (Å²) in [4.78, 5) is 13.8. The van der Waals surface area contributed by atoms with Crippen LogP contribution in [0.1, 0.15) is 6.92 Å². The van der Waals surface area contributed by atoms with Crippen LogP contribution in [-0.4, -0.2) is 36.5 Å². The van der Waals surface area contributed by atoms with E-state index in [1.165, 1.54) is 0 Å². The Morgan fingerprint density at radius 3 is 2.92 bits per heavy atom. The van der Waals surface area contributed by atoms with Crippen molar-refractivity contribution in [2.24, 2.45) is 20.7 Å².